The summed E-state index contributed by atoms with van der Waals surface area (Å²) in [6.45, 7) is 0.973. The molecule has 0 amide bonds. The third-order valence-electron chi connectivity index (χ3n) is 2.08. The van der Waals surface area contributed by atoms with Gasteiger partial charge in [0.1, 0.15) is 11.6 Å². The first kappa shape index (κ1) is 13.4. The number of aliphatic hydroxyl groups excluding tert-OH is 1. The standard InChI is InChI=1S/C10H15Cl2N3O/c11-7-6-8(12)10(15-9(7)13)14-4-2-1-3-5-16/h6,16H,1-5H2,(H3,13,14,15). The van der Waals surface area contributed by atoms with Crippen LogP contribution in [0.25, 0.3) is 0 Å². The van der Waals surface area contributed by atoms with Crippen molar-refractivity contribution in [3.63, 3.8) is 0 Å². The van der Waals surface area contributed by atoms with Gasteiger partial charge in [0.05, 0.1) is 10.0 Å². The van der Waals surface area contributed by atoms with Crippen LogP contribution in [-0.4, -0.2) is 23.2 Å². The van der Waals surface area contributed by atoms with Crippen molar-refractivity contribution in [2.24, 2.45) is 0 Å². The number of nitrogens with two attached hydrogens (primary N) is 1. The summed E-state index contributed by atoms with van der Waals surface area (Å²) in [6, 6.07) is 1.57. The van der Waals surface area contributed by atoms with E-state index < -0.39 is 0 Å². The van der Waals surface area contributed by atoms with E-state index in [-0.39, 0.29) is 12.4 Å². The Morgan fingerprint density at radius 2 is 2.00 bits per heavy atom. The summed E-state index contributed by atoms with van der Waals surface area (Å²) < 4.78 is 0. The van der Waals surface area contributed by atoms with Gasteiger partial charge >= 0.3 is 0 Å². The molecule has 0 fully saturated rings. The summed E-state index contributed by atoms with van der Waals surface area (Å²) in [5.74, 6) is 0.816. The van der Waals surface area contributed by atoms with Gasteiger partial charge in [-0.3, -0.25) is 0 Å². The Bertz CT molecular complexity index is 347. The Morgan fingerprint density at radius 1 is 1.25 bits per heavy atom. The van der Waals surface area contributed by atoms with Crippen molar-refractivity contribution < 1.29 is 5.11 Å². The smallest absolute Gasteiger partial charge is 0.147 e. The topological polar surface area (TPSA) is 71.2 Å². The molecule has 0 aliphatic heterocycles. The van der Waals surface area contributed by atoms with Crippen molar-refractivity contribution in [2.45, 2.75) is 19.3 Å². The van der Waals surface area contributed by atoms with Gasteiger partial charge < -0.3 is 16.2 Å². The Balaban J connectivity index is 2.45. The second-order valence-electron chi connectivity index (χ2n) is 3.40. The summed E-state index contributed by atoms with van der Waals surface area (Å²) >= 11 is 11.7. The van der Waals surface area contributed by atoms with Gasteiger partial charge in [-0.25, -0.2) is 4.98 Å². The molecule has 0 radical (unpaired) electrons. The number of aromatic nitrogens is 1. The number of halogens is 2. The van der Waals surface area contributed by atoms with Crippen LogP contribution in [0.2, 0.25) is 10.0 Å². The van der Waals surface area contributed by atoms with Crippen LogP contribution in [0.5, 0.6) is 0 Å². The zero-order valence-electron chi connectivity index (χ0n) is 8.84. The summed E-state index contributed by atoms with van der Waals surface area (Å²) in [5, 5.41) is 12.5. The fourth-order valence-corrected chi connectivity index (χ4v) is 1.65. The van der Waals surface area contributed by atoms with E-state index in [0.717, 1.165) is 25.8 Å². The van der Waals surface area contributed by atoms with E-state index in [2.05, 4.69) is 10.3 Å². The molecule has 0 unspecified atom stereocenters. The fraction of sp³-hybridized carbons (Fsp3) is 0.500. The fourth-order valence-electron chi connectivity index (χ4n) is 1.23. The second kappa shape index (κ2) is 6.78. The van der Waals surface area contributed by atoms with Crippen LogP contribution in [0.3, 0.4) is 0 Å². The summed E-state index contributed by atoms with van der Waals surface area (Å²) in [7, 11) is 0. The molecule has 0 atom stereocenters. The zero-order valence-corrected chi connectivity index (χ0v) is 10.4. The third kappa shape index (κ3) is 4.04. The number of hydrogen-bond acceptors (Lipinski definition) is 4. The third-order valence-corrected chi connectivity index (χ3v) is 2.67. The van der Waals surface area contributed by atoms with Gasteiger partial charge in [-0.15, -0.1) is 0 Å². The van der Waals surface area contributed by atoms with Crippen molar-refractivity contribution in [3.05, 3.63) is 16.1 Å². The van der Waals surface area contributed by atoms with Gasteiger partial charge in [0.2, 0.25) is 0 Å². The first-order valence-corrected chi connectivity index (χ1v) is 5.87. The molecule has 1 heterocycles. The summed E-state index contributed by atoms with van der Waals surface area (Å²) in [5.41, 5.74) is 5.57. The van der Waals surface area contributed by atoms with Crippen molar-refractivity contribution in [1.29, 1.82) is 0 Å². The first-order valence-electron chi connectivity index (χ1n) is 5.11. The second-order valence-corrected chi connectivity index (χ2v) is 4.21. The molecule has 1 rings (SSSR count). The van der Waals surface area contributed by atoms with E-state index in [1.807, 2.05) is 0 Å². The molecule has 0 saturated carbocycles. The van der Waals surface area contributed by atoms with Gasteiger partial charge in [0, 0.05) is 13.2 Å². The van der Waals surface area contributed by atoms with Crippen molar-refractivity contribution >= 4 is 34.8 Å². The Hall–Kier alpha value is -0.710. The van der Waals surface area contributed by atoms with Crippen LogP contribution in [0.4, 0.5) is 11.6 Å². The Kier molecular flexibility index (Phi) is 5.66. The zero-order chi connectivity index (χ0) is 12.0. The number of pyridine rings is 1. The van der Waals surface area contributed by atoms with E-state index in [4.69, 9.17) is 34.0 Å². The predicted molar refractivity (Wildman–Crippen MR) is 68.1 cm³/mol. The van der Waals surface area contributed by atoms with Crippen LogP contribution in [0, 0.1) is 0 Å². The van der Waals surface area contributed by atoms with E-state index in [0.29, 0.717) is 15.9 Å². The predicted octanol–water partition coefficient (Wildman–Crippen LogP) is 2.55. The minimum Gasteiger partial charge on any atom is -0.396 e. The van der Waals surface area contributed by atoms with Crippen molar-refractivity contribution in [2.75, 3.05) is 24.2 Å². The van der Waals surface area contributed by atoms with E-state index >= 15 is 0 Å². The lowest BCUT2D eigenvalue weighted by atomic mass is 10.2. The number of aliphatic hydroxyl groups is 1. The molecule has 0 aromatic carbocycles. The summed E-state index contributed by atoms with van der Waals surface area (Å²) in [6.07, 6.45) is 2.72. The molecular weight excluding hydrogens is 249 g/mol. The van der Waals surface area contributed by atoms with E-state index in [1.165, 1.54) is 0 Å². The van der Waals surface area contributed by atoms with Gasteiger partial charge in [0.15, 0.2) is 0 Å². The summed E-state index contributed by atoms with van der Waals surface area (Å²) in [4.78, 5) is 4.04. The highest BCUT2D eigenvalue weighted by Gasteiger charge is 2.05. The lowest BCUT2D eigenvalue weighted by Crippen LogP contribution is -2.05. The van der Waals surface area contributed by atoms with Crippen LogP contribution < -0.4 is 11.1 Å². The van der Waals surface area contributed by atoms with Crippen LogP contribution in [0.1, 0.15) is 19.3 Å². The average Bonchev–Trinajstić information content (AvgIpc) is 2.25. The number of nitrogen functional groups attached to an aromatic ring is 1. The molecule has 1 aromatic rings. The minimum absolute atomic E-state index is 0.229. The molecular formula is C10H15Cl2N3O. The molecule has 90 valence electrons. The Morgan fingerprint density at radius 3 is 2.69 bits per heavy atom. The van der Waals surface area contributed by atoms with E-state index in [1.54, 1.807) is 6.07 Å². The van der Waals surface area contributed by atoms with Gasteiger partial charge in [-0.2, -0.15) is 0 Å². The number of rotatable bonds is 6. The molecule has 0 spiro atoms. The van der Waals surface area contributed by atoms with Crippen LogP contribution in [-0.2, 0) is 0 Å². The number of unbranched alkanes of at least 4 members (excludes halogenated alkanes) is 2. The lowest BCUT2D eigenvalue weighted by molar-refractivity contribution is 0.283. The average molecular weight is 264 g/mol. The highest BCUT2D eigenvalue weighted by atomic mass is 35.5. The van der Waals surface area contributed by atoms with Gasteiger partial charge in [-0.1, -0.05) is 23.2 Å². The molecule has 4 N–H and O–H groups in total. The number of nitrogens with zero attached hydrogens (tertiary/aromatic N) is 1. The highest BCUT2D eigenvalue weighted by Crippen LogP contribution is 2.27. The molecule has 0 aliphatic rings. The number of anilines is 2. The van der Waals surface area contributed by atoms with Gasteiger partial charge in [-0.05, 0) is 25.3 Å². The maximum Gasteiger partial charge on any atom is 0.147 e. The van der Waals surface area contributed by atoms with Crippen molar-refractivity contribution in [1.82, 2.24) is 4.98 Å². The monoisotopic (exact) mass is 263 g/mol. The van der Waals surface area contributed by atoms with Crippen molar-refractivity contribution in [3.8, 4) is 0 Å². The molecule has 1 aromatic heterocycles. The maximum atomic E-state index is 8.61. The number of hydrogen-bond donors (Lipinski definition) is 3. The molecule has 0 bridgehead atoms. The Labute approximate surface area is 105 Å². The largest absolute Gasteiger partial charge is 0.396 e. The normalized spacial score (nSPS) is 10.4. The first-order chi connectivity index (χ1) is 7.65. The number of nitrogens with one attached hydrogen (secondary N) is 1. The lowest BCUT2D eigenvalue weighted by Gasteiger charge is -2.08. The van der Waals surface area contributed by atoms with Crippen LogP contribution in [0.15, 0.2) is 6.07 Å². The SMILES string of the molecule is Nc1nc(NCCCCCO)c(Cl)cc1Cl. The van der Waals surface area contributed by atoms with E-state index in [9.17, 15) is 0 Å². The maximum absolute atomic E-state index is 8.61. The molecule has 0 aliphatic carbocycles. The molecule has 6 heteroatoms. The molecule has 0 saturated heterocycles. The minimum atomic E-state index is 0.229. The quantitative estimate of drug-likeness (QED) is 0.690. The van der Waals surface area contributed by atoms with Crippen LogP contribution >= 0.6 is 23.2 Å². The molecule has 16 heavy (non-hydrogen) atoms. The van der Waals surface area contributed by atoms with Gasteiger partial charge in [0.25, 0.3) is 0 Å². The molecule has 4 nitrogen and oxygen atoms in total. The highest BCUT2D eigenvalue weighted by molar-refractivity contribution is 6.37.